The van der Waals surface area contributed by atoms with Gasteiger partial charge in [-0.25, -0.2) is 0 Å². The highest BCUT2D eigenvalue weighted by atomic mass is 35.5. The molecule has 0 saturated heterocycles. The zero-order valence-electron chi connectivity index (χ0n) is 10.3. The molecule has 0 aromatic heterocycles. The quantitative estimate of drug-likeness (QED) is 0.454. The molecule has 0 spiro atoms. The number of alkyl halides is 1. The molecule has 1 aromatic rings. The molecule has 0 heterocycles. The fourth-order valence-corrected chi connectivity index (χ4v) is 2.06. The van der Waals surface area contributed by atoms with Crippen molar-refractivity contribution in [2.75, 3.05) is 6.61 Å². The number of unbranched alkanes of at least 4 members (excludes halogenated alkanes) is 4. The van der Waals surface area contributed by atoms with E-state index in [1.165, 1.54) is 25.7 Å². The highest BCUT2D eigenvalue weighted by Crippen LogP contribution is 2.26. The first kappa shape index (κ1) is 14.7. The summed E-state index contributed by atoms with van der Waals surface area (Å²) in [4.78, 5) is 0. The van der Waals surface area contributed by atoms with E-state index in [9.17, 15) is 0 Å². The number of benzene rings is 1. The van der Waals surface area contributed by atoms with Crippen molar-refractivity contribution in [2.45, 2.75) is 44.9 Å². The predicted molar refractivity (Wildman–Crippen MR) is 75.3 cm³/mol. The summed E-state index contributed by atoms with van der Waals surface area (Å²) in [6.07, 6.45) is 6.19. The zero-order valence-corrected chi connectivity index (χ0v) is 11.9. The van der Waals surface area contributed by atoms with Crippen LogP contribution in [-0.4, -0.2) is 6.61 Å². The van der Waals surface area contributed by atoms with Gasteiger partial charge in [0, 0.05) is 5.88 Å². The average molecular weight is 275 g/mol. The van der Waals surface area contributed by atoms with Crippen molar-refractivity contribution in [3.05, 3.63) is 28.8 Å². The normalized spacial score (nSPS) is 10.5. The van der Waals surface area contributed by atoms with Crippen LogP contribution in [0, 0.1) is 0 Å². The Morgan fingerprint density at radius 1 is 1.12 bits per heavy atom. The van der Waals surface area contributed by atoms with Crippen LogP contribution in [0.1, 0.15) is 44.6 Å². The van der Waals surface area contributed by atoms with Crippen molar-refractivity contribution in [3.63, 3.8) is 0 Å². The Labute approximate surface area is 114 Å². The van der Waals surface area contributed by atoms with Crippen molar-refractivity contribution in [2.24, 2.45) is 0 Å². The van der Waals surface area contributed by atoms with Crippen LogP contribution >= 0.6 is 23.2 Å². The minimum Gasteiger partial charge on any atom is -0.492 e. The zero-order chi connectivity index (χ0) is 12.5. The van der Waals surface area contributed by atoms with Gasteiger partial charge in [0.1, 0.15) is 5.75 Å². The fraction of sp³-hybridized carbons (Fsp3) is 0.571. The average Bonchev–Trinajstić information content (AvgIpc) is 2.35. The van der Waals surface area contributed by atoms with E-state index in [2.05, 4.69) is 6.92 Å². The molecule has 0 amide bonds. The Bertz CT molecular complexity index is 326. The molecule has 0 fully saturated rings. The standard InChI is InChI=1S/C14H20Cl2O/c1-2-3-4-5-6-9-17-14-8-7-12(11-15)10-13(14)16/h7-8,10H,2-6,9,11H2,1H3. The van der Waals surface area contributed by atoms with Gasteiger partial charge in [0.2, 0.25) is 0 Å². The third-order valence-corrected chi connectivity index (χ3v) is 3.26. The van der Waals surface area contributed by atoms with E-state index in [1.807, 2.05) is 18.2 Å². The second kappa shape index (κ2) is 8.66. The Hall–Kier alpha value is -0.400. The summed E-state index contributed by atoms with van der Waals surface area (Å²) in [5.41, 5.74) is 1.02. The van der Waals surface area contributed by atoms with Crippen molar-refractivity contribution < 1.29 is 4.74 Å². The Morgan fingerprint density at radius 2 is 1.88 bits per heavy atom. The maximum absolute atomic E-state index is 6.09. The second-order valence-corrected chi connectivity index (χ2v) is 4.84. The van der Waals surface area contributed by atoms with Crippen LogP contribution in [-0.2, 0) is 5.88 Å². The topological polar surface area (TPSA) is 9.23 Å². The first-order chi connectivity index (χ1) is 8.27. The molecule has 0 aliphatic heterocycles. The lowest BCUT2D eigenvalue weighted by molar-refractivity contribution is 0.304. The van der Waals surface area contributed by atoms with E-state index in [-0.39, 0.29) is 0 Å². The van der Waals surface area contributed by atoms with E-state index >= 15 is 0 Å². The van der Waals surface area contributed by atoms with Crippen LogP contribution in [0.3, 0.4) is 0 Å². The van der Waals surface area contributed by atoms with E-state index in [0.29, 0.717) is 10.9 Å². The van der Waals surface area contributed by atoms with Gasteiger partial charge in [0.25, 0.3) is 0 Å². The molecule has 3 heteroatoms. The van der Waals surface area contributed by atoms with Gasteiger partial charge >= 0.3 is 0 Å². The van der Waals surface area contributed by atoms with Gasteiger partial charge in [-0.1, -0.05) is 50.3 Å². The lowest BCUT2D eigenvalue weighted by Crippen LogP contribution is -1.98. The largest absolute Gasteiger partial charge is 0.492 e. The van der Waals surface area contributed by atoms with Crippen LogP contribution in [0.15, 0.2) is 18.2 Å². The molecule has 0 aliphatic carbocycles. The molecule has 0 N–H and O–H groups in total. The maximum atomic E-state index is 6.09. The van der Waals surface area contributed by atoms with E-state index in [4.69, 9.17) is 27.9 Å². The van der Waals surface area contributed by atoms with Crippen LogP contribution in [0.2, 0.25) is 5.02 Å². The van der Waals surface area contributed by atoms with Gasteiger partial charge in [0.15, 0.2) is 0 Å². The second-order valence-electron chi connectivity index (χ2n) is 4.16. The molecule has 0 unspecified atom stereocenters. The predicted octanol–water partition coefficient (Wildman–Crippen LogP) is 5.43. The van der Waals surface area contributed by atoms with Crippen molar-refractivity contribution in [1.82, 2.24) is 0 Å². The third kappa shape index (κ3) is 5.65. The Morgan fingerprint density at radius 3 is 2.53 bits per heavy atom. The van der Waals surface area contributed by atoms with E-state index in [1.54, 1.807) is 0 Å². The summed E-state index contributed by atoms with van der Waals surface area (Å²) in [7, 11) is 0. The van der Waals surface area contributed by atoms with E-state index < -0.39 is 0 Å². The van der Waals surface area contributed by atoms with Crippen molar-refractivity contribution in [1.29, 1.82) is 0 Å². The number of hydrogen-bond acceptors (Lipinski definition) is 1. The van der Waals surface area contributed by atoms with E-state index in [0.717, 1.165) is 24.3 Å². The smallest absolute Gasteiger partial charge is 0.137 e. The van der Waals surface area contributed by atoms with Crippen molar-refractivity contribution >= 4 is 23.2 Å². The number of halogens is 2. The first-order valence-electron chi connectivity index (χ1n) is 6.25. The molecule has 1 rings (SSSR count). The summed E-state index contributed by atoms with van der Waals surface area (Å²) >= 11 is 11.8. The van der Waals surface area contributed by atoms with Crippen LogP contribution < -0.4 is 4.74 Å². The highest BCUT2D eigenvalue weighted by Gasteiger charge is 2.02. The fourth-order valence-electron chi connectivity index (χ4n) is 1.63. The van der Waals surface area contributed by atoms with Gasteiger partial charge in [0.05, 0.1) is 11.6 Å². The molecule has 1 aromatic carbocycles. The van der Waals surface area contributed by atoms with Crippen molar-refractivity contribution in [3.8, 4) is 5.75 Å². The molecular weight excluding hydrogens is 255 g/mol. The third-order valence-electron chi connectivity index (χ3n) is 2.66. The minimum absolute atomic E-state index is 0.483. The lowest BCUT2D eigenvalue weighted by atomic mass is 10.2. The molecule has 1 nitrogen and oxygen atoms in total. The molecule has 0 atom stereocenters. The lowest BCUT2D eigenvalue weighted by Gasteiger charge is -2.08. The van der Waals surface area contributed by atoms with Crippen LogP contribution in [0.5, 0.6) is 5.75 Å². The molecule has 17 heavy (non-hydrogen) atoms. The number of hydrogen-bond donors (Lipinski definition) is 0. The Kier molecular flexibility index (Phi) is 7.46. The number of rotatable bonds is 8. The minimum atomic E-state index is 0.483. The monoisotopic (exact) mass is 274 g/mol. The summed E-state index contributed by atoms with van der Waals surface area (Å²) in [6, 6.07) is 5.71. The van der Waals surface area contributed by atoms with Gasteiger partial charge in [-0.2, -0.15) is 0 Å². The molecule has 0 aliphatic rings. The summed E-state index contributed by atoms with van der Waals surface area (Å²) in [6.45, 7) is 2.96. The summed E-state index contributed by atoms with van der Waals surface area (Å²) in [5, 5.41) is 0.650. The molecule has 96 valence electrons. The molecule has 0 bridgehead atoms. The highest BCUT2D eigenvalue weighted by molar-refractivity contribution is 6.32. The summed E-state index contributed by atoms with van der Waals surface area (Å²) < 4.78 is 5.64. The molecule has 0 radical (unpaired) electrons. The van der Waals surface area contributed by atoms with Gasteiger partial charge in [-0.3, -0.25) is 0 Å². The Balaban J connectivity index is 2.27. The van der Waals surface area contributed by atoms with Gasteiger partial charge < -0.3 is 4.74 Å². The van der Waals surface area contributed by atoms with Crippen LogP contribution in [0.4, 0.5) is 0 Å². The molecule has 0 saturated carbocycles. The molecular formula is C14H20Cl2O. The first-order valence-corrected chi connectivity index (χ1v) is 7.16. The number of ether oxygens (including phenoxy) is 1. The van der Waals surface area contributed by atoms with Gasteiger partial charge in [-0.15, -0.1) is 11.6 Å². The maximum Gasteiger partial charge on any atom is 0.137 e. The van der Waals surface area contributed by atoms with Gasteiger partial charge in [-0.05, 0) is 24.1 Å². The SMILES string of the molecule is CCCCCCCOc1ccc(CCl)cc1Cl. The van der Waals surface area contributed by atoms with Crippen LogP contribution in [0.25, 0.3) is 0 Å². The summed E-state index contributed by atoms with van der Waals surface area (Å²) in [5.74, 6) is 1.24.